The second-order valence-corrected chi connectivity index (χ2v) is 7.48. The summed E-state index contributed by atoms with van der Waals surface area (Å²) in [5.41, 5.74) is 0.637. The van der Waals surface area contributed by atoms with Crippen molar-refractivity contribution in [3.63, 3.8) is 0 Å². The molecule has 0 unspecified atom stereocenters. The van der Waals surface area contributed by atoms with E-state index >= 15 is 0 Å². The maximum absolute atomic E-state index is 13.5. The van der Waals surface area contributed by atoms with Crippen LogP contribution in [0.3, 0.4) is 0 Å². The van der Waals surface area contributed by atoms with Crippen LogP contribution in [-0.4, -0.2) is 31.4 Å². The van der Waals surface area contributed by atoms with Crippen molar-refractivity contribution in [2.45, 2.75) is 13.0 Å². The highest BCUT2D eigenvalue weighted by Crippen LogP contribution is 2.14. The number of sulfonamides is 1. The average molecular weight is 368 g/mol. The van der Waals surface area contributed by atoms with Gasteiger partial charge in [-0.05, 0) is 29.8 Å². The molecule has 1 amide bonds. The molecule has 0 heterocycles. The fourth-order valence-electron chi connectivity index (χ4n) is 2.16. The average Bonchev–Trinajstić information content (AvgIpc) is 2.54. The highest BCUT2D eigenvalue weighted by Gasteiger charge is 2.18. The van der Waals surface area contributed by atoms with E-state index in [0.29, 0.717) is 5.56 Å². The van der Waals surface area contributed by atoms with Gasteiger partial charge in [-0.25, -0.2) is 17.2 Å². The predicted octanol–water partition coefficient (Wildman–Crippen LogP) is 2.76. The third-order valence-corrected chi connectivity index (χ3v) is 4.73. The van der Waals surface area contributed by atoms with Crippen LogP contribution < -0.4 is 5.32 Å². The lowest BCUT2D eigenvalue weighted by molar-refractivity contribution is -0.116. The van der Waals surface area contributed by atoms with Gasteiger partial charge in [0.2, 0.25) is 15.9 Å². The quantitative estimate of drug-likeness (QED) is 0.817. The van der Waals surface area contributed by atoms with E-state index in [4.69, 9.17) is 0 Å². The fraction of sp³-hybridized carbons (Fsp3) is 0.235. The molecular weight excluding hydrogens is 350 g/mol. The first kappa shape index (κ1) is 19.0. The molecular formula is C17H18F2N2O3S. The van der Waals surface area contributed by atoms with Gasteiger partial charge in [0, 0.05) is 19.5 Å². The SMILES string of the molecule is CS(=O)(=O)N(CCC(=O)Nc1ccccc1F)Cc1ccc(F)cc1. The molecule has 0 atom stereocenters. The van der Waals surface area contributed by atoms with Crippen LogP contribution in [0.15, 0.2) is 48.5 Å². The van der Waals surface area contributed by atoms with E-state index in [1.807, 2.05) is 0 Å². The maximum atomic E-state index is 13.5. The first-order valence-electron chi connectivity index (χ1n) is 7.49. The van der Waals surface area contributed by atoms with Crippen molar-refractivity contribution in [3.8, 4) is 0 Å². The molecule has 0 aliphatic carbocycles. The van der Waals surface area contributed by atoms with Crippen molar-refractivity contribution < 1.29 is 22.0 Å². The van der Waals surface area contributed by atoms with Crippen LogP contribution in [0.4, 0.5) is 14.5 Å². The summed E-state index contributed by atoms with van der Waals surface area (Å²) < 4.78 is 51.3. The first-order chi connectivity index (χ1) is 11.8. The van der Waals surface area contributed by atoms with Crippen LogP contribution in [0.5, 0.6) is 0 Å². The zero-order chi connectivity index (χ0) is 18.4. The van der Waals surface area contributed by atoms with Crippen molar-refractivity contribution in [3.05, 3.63) is 65.7 Å². The smallest absolute Gasteiger partial charge is 0.225 e. The molecule has 5 nitrogen and oxygen atoms in total. The molecule has 8 heteroatoms. The zero-order valence-electron chi connectivity index (χ0n) is 13.6. The minimum Gasteiger partial charge on any atom is -0.324 e. The highest BCUT2D eigenvalue weighted by molar-refractivity contribution is 7.88. The van der Waals surface area contributed by atoms with Crippen LogP contribution >= 0.6 is 0 Å². The summed E-state index contributed by atoms with van der Waals surface area (Å²) in [4.78, 5) is 11.9. The van der Waals surface area contributed by atoms with E-state index < -0.39 is 27.6 Å². The Kier molecular flexibility index (Phi) is 6.22. The predicted molar refractivity (Wildman–Crippen MR) is 91.3 cm³/mol. The van der Waals surface area contributed by atoms with Crippen molar-refractivity contribution in [2.24, 2.45) is 0 Å². The van der Waals surface area contributed by atoms with Crippen LogP contribution in [0.25, 0.3) is 0 Å². The van der Waals surface area contributed by atoms with Gasteiger partial charge in [-0.3, -0.25) is 4.79 Å². The Bertz CT molecular complexity index is 839. The lowest BCUT2D eigenvalue weighted by Gasteiger charge is -2.20. The molecule has 0 radical (unpaired) electrons. The molecule has 0 bridgehead atoms. The van der Waals surface area contributed by atoms with Gasteiger partial charge >= 0.3 is 0 Å². The summed E-state index contributed by atoms with van der Waals surface area (Å²) in [6.07, 6.45) is 0.897. The van der Waals surface area contributed by atoms with Gasteiger partial charge in [-0.2, -0.15) is 4.31 Å². The van der Waals surface area contributed by atoms with Gasteiger partial charge < -0.3 is 5.32 Å². The summed E-state index contributed by atoms with van der Waals surface area (Å²) in [5, 5.41) is 2.40. The molecule has 2 rings (SSSR count). The second-order valence-electron chi connectivity index (χ2n) is 5.50. The summed E-state index contributed by atoms with van der Waals surface area (Å²) in [7, 11) is -3.56. The van der Waals surface area contributed by atoms with Crippen LogP contribution in [0.1, 0.15) is 12.0 Å². The van der Waals surface area contributed by atoms with Crippen molar-refractivity contribution >= 4 is 21.6 Å². The Hall–Kier alpha value is -2.32. The number of anilines is 1. The highest BCUT2D eigenvalue weighted by atomic mass is 32.2. The number of carbonyl (C=O) groups excluding carboxylic acids is 1. The first-order valence-corrected chi connectivity index (χ1v) is 9.34. The number of halogens is 2. The normalized spacial score (nSPS) is 11.5. The molecule has 2 aromatic rings. The summed E-state index contributed by atoms with van der Waals surface area (Å²) in [6, 6.07) is 11.1. The number of para-hydroxylation sites is 1. The van der Waals surface area contributed by atoms with E-state index in [0.717, 1.165) is 10.6 Å². The molecule has 0 fully saturated rings. The molecule has 0 spiro atoms. The lowest BCUT2D eigenvalue weighted by Crippen LogP contribution is -2.32. The van der Waals surface area contributed by atoms with Gasteiger partial charge in [0.1, 0.15) is 11.6 Å². The van der Waals surface area contributed by atoms with E-state index in [1.165, 1.54) is 42.5 Å². The van der Waals surface area contributed by atoms with Gasteiger partial charge in [-0.15, -0.1) is 0 Å². The van der Waals surface area contributed by atoms with Crippen LogP contribution in [-0.2, 0) is 21.4 Å². The number of benzene rings is 2. The van der Waals surface area contributed by atoms with Crippen molar-refractivity contribution in [1.82, 2.24) is 4.31 Å². The number of nitrogens with zero attached hydrogens (tertiary/aromatic N) is 1. The number of hydrogen-bond donors (Lipinski definition) is 1. The molecule has 0 aliphatic heterocycles. The molecule has 0 saturated carbocycles. The molecule has 134 valence electrons. The largest absolute Gasteiger partial charge is 0.324 e. The van der Waals surface area contributed by atoms with Crippen LogP contribution in [0.2, 0.25) is 0 Å². The summed E-state index contributed by atoms with van der Waals surface area (Å²) >= 11 is 0. The number of carbonyl (C=O) groups is 1. The third kappa shape index (κ3) is 5.91. The standard InChI is InChI=1S/C17H18F2N2O3S/c1-25(23,24)21(12-13-6-8-14(18)9-7-13)11-10-17(22)20-16-5-3-2-4-15(16)19/h2-9H,10-12H2,1H3,(H,20,22). The minimum atomic E-state index is -3.56. The third-order valence-electron chi connectivity index (χ3n) is 3.48. The molecule has 25 heavy (non-hydrogen) atoms. The van der Waals surface area contributed by atoms with E-state index in [-0.39, 0.29) is 25.2 Å². The van der Waals surface area contributed by atoms with Crippen molar-refractivity contribution in [1.29, 1.82) is 0 Å². The Morgan fingerprint density at radius 1 is 1.08 bits per heavy atom. The molecule has 2 aromatic carbocycles. The van der Waals surface area contributed by atoms with Gasteiger partial charge in [0.15, 0.2) is 0 Å². The van der Waals surface area contributed by atoms with E-state index in [9.17, 15) is 22.0 Å². The monoisotopic (exact) mass is 368 g/mol. The van der Waals surface area contributed by atoms with E-state index in [2.05, 4.69) is 5.32 Å². The molecule has 0 aromatic heterocycles. The van der Waals surface area contributed by atoms with Gasteiger partial charge in [0.25, 0.3) is 0 Å². The van der Waals surface area contributed by atoms with E-state index in [1.54, 1.807) is 6.07 Å². The summed E-state index contributed by atoms with van der Waals surface area (Å²) in [5.74, 6) is -1.49. The lowest BCUT2D eigenvalue weighted by atomic mass is 10.2. The molecule has 0 saturated heterocycles. The zero-order valence-corrected chi connectivity index (χ0v) is 14.4. The van der Waals surface area contributed by atoms with Gasteiger partial charge in [-0.1, -0.05) is 24.3 Å². The topological polar surface area (TPSA) is 66.5 Å². The number of rotatable bonds is 7. The molecule has 0 aliphatic rings. The Morgan fingerprint density at radius 3 is 2.32 bits per heavy atom. The Morgan fingerprint density at radius 2 is 1.72 bits per heavy atom. The molecule has 1 N–H and O–H groups in total. The number of hydrogen-bond acceptors (Lipinski definition) is 3. The minimum absolute atomic E-state index is 0.0199. The Balaban J connectivity index is 1.99. The van der Waals surface area contributed by atoms with Gasteiger partial charge in [0.05, 0.1) is 11.9 Å². The second kappa shape index (κ2) is 8.17. The maximum Gasteiger partial charge on any atom is 0.225 e. The fourth-order valence-corrected chi connectivity index (χ4v) is 2.96. The number of nitrogens with one attached hydrogen (secondary N) is 1. The van der Waals surface area contributed by atoms with Crippen LogP contribution in [0, 0.1) is 11.6 Å². The number of amides is 1. The van der Waals surface area contributed by atoms with Crippen molar-refractivity contribution in [2.75, 3.05) is 18.1 Å². The summed E-state index contributed by atoms with van der Waals surface area (Å²) in [6.45, 7) is -0.0530. The Labute approximate surface area is 145 Å².